The molecule has 0 saturated carbocycles. The molecule has 3 aromatic rings. The molecule has 2 heterocycles. The fraction of sp³-hybridized carbons (Fsp3) is 0.304. The van der Waals surface area contributed by atoms with Gasteiger partial charge in [0.25, 0.3) is 0 Å². The van der Waals surface area contributed by atoms with Crippen LogP contribution in [0.3, 0.4) is 0 Å². The van der Waals surface area contributed by atoms with Gasteiger partial charge in [-0.2, -0.15) is 4.98 Å². The quantitative estimate of drug-likeness (QED) is 0.502. The molecule has 1 N–H and O–H groups in total. The second kappa shape index (κ2) is 10.3. The van der Waals surface area contributed by atoms with Crippen LogP contribution in [0.1, 0.15) is 29.1 Å². The van der Waals surface area contributed by atoms with Crippen molar-refractivity contribution in [3.8, 4) is 11.4 Å². The van der Waals surface area contributed by atoms with Gasteiger partial charge >= 0.3 is 5.97 Å². The topological polar surface area (TPSA) is 97.6 Å². The molecule has 172 valence electrons. The molecule has 1 aromatic heterocycles. The summed E-state index contributed by atoms with van der Waals surface area (Å²) in [5, 5.41) is 7.85. The van der Waals surface area contributed by atoms with Crippen molar-refractivity contribution in [3.63, 3.8) is 0 Å². The van der Waals surface area contributed by atoms with Gasteiger partial charge in [-0.1, -0.05) is 40.5 Å². The first-order valence-corrected chi connectivity index (χ1v) is 11.2. The number of likely N-dealkylation sites (tertiary alicyclic amines) is 1. The van der Waals surface area contributed by atoms with E-state index < -0.39 is 5.97 Å². The van der Waals surface area contributed by atoms with Crippen LogP contribution in [0, 0.1) is 5.92 Å². The van der Waals surface area contributed by atoms with Gasteiger partial charge in [-0.15, -0.1) is 0 Å². The number of carbonyl (C=O) groups excluding carboxylic acids is 2. The predicted octanol–water partition coefficient (Wildman–Crippen LogP) is 4.68. The third-order valence-corrected chi connectivity index (χ3v) is 6.08. The summed E-state index contributed by atoms with van der Waals surface area (Å²) in [7, 11) is 1.30. The van der Waals surface area contributed by atoms with E-state index >= 15 is 0 Å². The van der Waals surface area contributed by atoms with E-state index in [1.54, 1.807) is 24.3 Å². The van der Waals surface area contributed by atoms with Crippen LogP contribution in [-0.4, -0.2) is 47.1 Å². The highest BCUT2D eigenvalue weighted by Gasteiger charge is 2.26. The van der Waals surface area contributed by atoms with E-state index in [2.05, 4.69) is 20.4 Å². The molecular weight excluding hydrogens is 467 g/mol. The molecule has 8 nitrogen and oxygen atoms in total. The molecule has 0 radical (unpaired) electrons. The summed E-state index contributed by atoms with van der Waals surface area (Å²) in [6, 6.07) is 11.9. The van der Waals surface area contributed by atoms with E-state index in [-0.39, 0.29) is 11.8 Å². The summed E-state index contributed by atoms with van der Waals surface area (Å²) in [6.07, 6.45) is 1.35. The third-order valence-electron chi connectivity index (χ3n) is 5.51. The first-order valence-electron chi connectivity index (χ1n) is 10.4. The Balaban J connectivity index is 1.31. The largest absolute Gasteiger partial charge is 0.465 e. The van der Waals surface area contributed by atoms with Gasteiger partial charge in [0.1, 0.15) is 0 Å². The van der Waals surface area contributed by atoms with Crippen molar-refractivity contribution in [2.75, 3.05) is 25.5 Å². The lowest BCUT2D eigenvalue weighted by Gasteiger charge is -2.30. The summed E-state index contributed by atoms with van der Waals surface area (Å²) < 4.78 is 10.1. The van der Waals surface area contributed by atoms with Crippen LogP contribution in [-0.2, 0) is 16.1 Å². The average Bonchev–Trinajstić information content (AvgIpc) is 3.29. The Hall–Kier alpha value is -2.94. The van der Waals surface area contributed by atoms with Crippen LogP contribution < -0.4 is 5.32 Å². The number of halogens is 2. The maximum Gasteiger partial charge on any atom is 0.337 e. The maximum atomic E-state index is 12.8. The molecule has 1 fully saturated rings. The number of hydrogen-bond acceptors (Lipinski definition) is 7. The highest BCUT2D eigenvalue weighted by molar-refractivity contribution is 6.34. The van der Waals surface area contributed by atoms with Crippen LogP contribution in [0.4, 0.5) is 5.69 Å². The standard InChI is InChI=1S/C23H22Cl2N4O4/c1-32-23(31)16-5-6-18(25)19(12-16)26-22(30)14-7-9-29(10-8-14)13-20-27-21(28-33-20)15-3-2-4-17(24)11-15/h2-6,11-12,14H,7-10,13H2,1H3,(H,26,30). The van der Waals surface area contributed by atoms with Crippen molar-refractivity contribution in [1.82, 2.24) is 15.0 Å². The highest BCUT2D eigenvalue weighted by Crippen LogP contribution is 2.27. The molecule has 0 spiro atoms. The number of anilines is 1. The van der Waals surface area contributed by atoms with Crippen LogP contribution in [0.5, 0.6) is 0 Å². The Morgan fingerprint density at radius 2 is 1.97 bits per heavy atom. The molecule has 1 aliphatic rings. The highest BCUT2D eigenvalue weighted by atomic mass is 35.5. The SMILES string of the molecule is COC(=O)c1ccc(Cl)c(NC(=O)C2CCN(Cc3nc(-c4cccc(Cl)c4)no3)CC2)c1. The molecule has 0 unspecified atom stereocenters. The molecule has 33 heavy (non-hydrogen) atoms. The molecule has 1 saturated heterocycles. The zero-order valence-corrected chi connectivity index (χ0v) is 19.4. The number of piperidine rings is 1. The number of esters is 1. The van der Waals surface area contributed by atoms with Crippen LogP contribution in [0.2, 0.25) is 10.0 Å². The summed E-state index contributed by atoms with van der Waals surface area (Å²) in [4.78, 5) is 31.1. The molecule has 4 rings (SSSR count). The first-order chi connectivity index (χ1) is 15.9. The minimum atomic E-state index is -0.491. The van der Waals surface area contributed by atoms with Gasteiger partial charge in [0.05, 0.1) is 29.9 Å². The van der Waals surface area contributed by atoms with Gasteiger partial charge in [-0.25, -0.2) is 4.79 Å². The number of amides is 1. The summed E-state index contributed by atoms with van der Waals surface area (Å²) in [5.74, 6) is 0.227. The van der Waals surface area contributed by atoms with Crippen LogP contribution >= 0.6 is 23.2 Å². The van der Waals surface area contributed by atoms with Crippen molar-refractivity contribution >= 4 is 40.8 Å². The number of ether oxygens (including phenoxy) is 1. The Morgan fingerprint density at radius 1 is 1.18 bits per heavy atom. The lowest BCUT2D eigenvalue weighted by Crippen LogP contribution is -2.37. The summed E-state index contributed by atoms with van der Waals surface area (Å²) in [6.45, 7) is 1.93. The number of hydrogen-bond donors (Lipinski definition) is 1. The number of methoxy groups -OCH3 is 1. The third kappa shape index (κ3) is 5.71. The molecule has 1 amide bonds. The van der Waals surface area contributed by atoms with E-state index in [9.17, 15) is 9.59 Å². The van der Waals surface area contributed by atoms with Gasteiger partial charge in [-0.05, 0) is 56.3 Å². The number of nitrogens with zero attached hydrogens (tertiary/aromatic N) is 3. The maximum absolute atomic E-state index is 12.8. The fourth-order valence-electron chi connectivity index (χ4n) is 3.71. The zero-order valence-electron chi connectivity index (χ0n) is 17.9. The van der Waals surface area contributed by atoms with Gasteiger partial charge in [-0.3, -0.25) is 9.69 Å². The number of nitrogens with one attached hydrogen (secondary N) is 1. The molecule has 1 aliphatic heterocycles. The minimum Gasteiger partial charge on any atom is -0.465 e. The van der Waals surface area contributed by atoms with Crippen molar-refractivity contribution in [1.29, 1.82) is 0 Å². The second-order valence-corrected chi connectivity index (χ2v) is 8.59. The van der Waals surface area contributed by atoms with Crippen molar-refractivity contribution in [2.45, 2.75) is 19.4 Å². The van der Waals surface area contributed by atoms with Gasteiger partial charge in [0.2, 0.25) is 17.6 Å². The normalized spacial score (nSPS) is 14.8. The Kier molecular flexibility index (Phi) is 7.27. The van der Waals surface area contributed by atoms with Crippen molar-refractivity contribution in [2.24, 2.45) is 5.92 Å². The van der Waals surface area contributed by atoms with Gasteiger partial charge in [0.15, 0.2) is 0 Å². The Bertz CT molecular complexity index is 1160. The summed E-state index contributed by atoms with van der Waals surface area (Å²) in [5.41, 5.74) is 1.51. The van der Waals surface area contributed by atoms with E-state index in [1.165, 1.54) is 13.2 Å². The van der Waals surface area contributed by atoms with E-state index in [0.717, 1.165) is 5.56 Å². The van der Waals surface area contributed by atoms with Crippen molar-refractivity contribution in [3.05, 3.63) is 64.0 Å². The van der Waals surface area contributed by atoms with E-state index in [1.807, 2.05) is 12.1 Å². The summed E-state index contributed by atoms with van der Waals surface area (Å²) >= 11 is 12.2. The predicted molar refractivity (Wildman–Crippen MR) is 124 cm³/mol. The zero-order chi connectivity index (χ0) is 23.4. The lowest BCUT2D eigenvalue weighted by atomic mass is 9.95. The number of benzene rings is 2. The molecular formula is C23H22Cl2N4O4. The Morgan fingerprint density at radius 3 is 2.70 bits per heavy atom. The minimum absolute atomic E-state index is 0.125. The van der Waals surface area contributed by atoms with Gasteiger partial charge in [0, 0.05) is 16.5 Å². The second-order valence-electron chi connectivity index (χ2n) is 7.75. The van der Waals surface area contributed by atoms with Crippen LogP contribution in [0.15, 0.2) is 47.0 Å². The van der Waals surface area contributed by atoms with Crippen molar-refractivity contribution < 1.29 is 18.8 Å². The smallest absolute Gasteiger partial charge is 0.337 e. The molecule has 2 aromatic carbocycles. The molecule has 10 heteroatoms. The fourth-order valence-corrected chi connectivity index (χ4v) is 4.06. The monoisotopic (exact) mass is 488 g/mol. The molecule has 0 aliphatic carbocycles. The van der Waals surface area contributed by atoms with E-state index in [0.29, 0.717) is 65.5 Å². The molecule has 0 atom stereocenters. The number of aromatic nitrogens is 2. The molecule has 0 bridgehead atoms. The van der Waals surface area contributed by atoms with E-state index in [4.69, 9.17) is 32.5 Å². The first kappa shape index (κ1) is 23.2. The number of carbonyl (C=O) groups is 2. The van der Waals surface area contributed by atoms with Gasteiger partial charge < -0.3 is 14.6 Å². The average molecular weight is 489 g/mol. The number of rotatable bonds is 6. The Labute approximate surface area is 200 Å². The van der Waals surface area contributed by atoms with Crippen LogP contribution in [0.25, 0.3) is 11.4 Å². The lowest BCUT2D eigenvalue weighted by molar-refractivity contribution is -0.121.